The van der Waals surface area contributed by atoms with Gasteiger partial charge in [-0.25, -0.2) is 13.2 Å². The summed E-state index contributed by atoms with van der Waals surface area (Å²) in [5, 5.41) is 2.60. The van der Waals surface area contributed by atoms with Gasteiger partial charge in [0.15, 0.2) is 9.84 Å². The van der Waals surface area contributed by atoms with Crippen molar-refractivity contribution in [2.24, 2.45) is 5.92 Å². The van der Waals surface area contributed by atoms with Crippen LogP contribution in [0.5, 0.6) is 0 Å². The summed E-state index contributed by atoms with van der Waals surface area (Å²) in [7, 11) is -3.03. The van der Waals surface area contributed by atoms with Crippen LogP contribution in [-0.4, -0.2) is 43.4 Å². The van der Waals surface area contributed by atoms with Gasteiger partial charge in [0.1, 0.15) is 5.60 Å². The lowest BCUT2D eigenvalue weighted by Crippen LogP contribution is -2.43. The second-order valence-corrected chi connectivity index (χ2v) is 10.3. The number of hydrazine groups is 1. The van der Waals surface area contributed by atoms with Crippen LogP contribution in [0.15, 0.2) is 24.3 Å². The van der Waals surface area contributed by atoms with E-state index >= 15 is 0 Å². The average Bonchev–Trinajstić information content (AvgIpc) is 2.91. The van der Waals surface area contributed by atoms with Gasteiger partial charge in [-0.3, -0.25) is 25.8 Å². The summed E-state index contributed by atoms with van der Waals surface area (Å²) in [6.45, 7) is 5.30. The van der Waals surface area contributed by atoms with Gasteiger partial charge < -0.3 is 4.74 Å². The molecule has 3 amide bonds. The highest BCUT2D eigenvalue weighted by atomic mass is 32.2. The van der Waals surface area contributed by atoms with Crippen LogP contribution in [0.3, 0.4) is 0 Å². The zero-order chi connectivity index (χ0) is 21.7. The highest BCUT2D eigenvalue weighted by Gasteiger charge is 2.29. The molecule has 29 heavy (non-hydrogen) atoms. The fourth-order valence-electron chi connectivity index (χ4n) is 2.84. The van der Waals surface area contributed by atoms with E-state index in [2.05, 4.69) is 16.2 Å². The molecule has 1 heterocycles. The Bertz CT molecular complexity index is 859. The first kappa shape index (κ1) is 22.7. The Morgan fingerprint density at radius 1 is 1.07 bits per heavy atom. The largest absolute Gasteiger partial charge is 0.444 e. The van der Waals surface area contributed by atoms with Crippen LogP contribution in [0, 0.1) is 5.92 Å². The van der Waals surface area contributed by atoms with E-state index in [1.54, 1.807) is 45.0 Å². The minimum Gasteiger partial charge on any atom is -0.444 e. The number of carbonyl (C=O) groups is 3. The SMILES string of the molecule is CC(C)(C)OC(=O)Nc1ccc(CC(=O)NNC(=O)C[C@H]2CCS(=O)(=O)C2)cc1. The second kappa shape index (κ2) is 9.25. The van der Waals surface area contributed by atoms with Crippen LogP contribution in [0.1, 0.15) is 39.2 Å². The predicted molar refractivity (Wildman–Crippen MR) is 108 cm³/mol. The number of hydrogen-bond acceptors (Lipinski definition) is 6. The maximum absolute atomic E-state index is 12.0. The van der Waals surface area contributed by atoms with Crippen LogP contribution < -0.4 is 16.2 Å². The van der Waals surface area contributed by atoms with Gasteiger partial charge in [0.05, 0.1) is 17.9 Å². The fourth-order valence-corrected chi connectivity index (χ4v) is 4.70. The monoisotopic (exact) mass is 425 g/mol. The summed E-state index contributed by atoms with van der Waals surface area (Å²) >= 11 is 0. The third-order valence-electron chi connectivity index (χ3n) is 4.11. The van der Waals surface area contributed by atoms with E-state index in [1.165, 1.54) is 0 Å². The molecule has 0 unspecified atom stereocenters. The lowest BCUT2D eigenvalue weighted by atomic mass is 10.1. The van der Waals surface area contributed by atoms with Gasteiger partial charge in [-0.05, 0) is 50.8 Å². The molecule has 3 N–H and O–H groups in total. The van der Waals surface area contributed by atoms with E-state index in [-0.39, 0.29) is 30.3 Å². The van der Waals surface area contributed by atoms with Gasteiger partial charge in [0, 0.05) is 12.1 Å². The van der Waals surface area contributed by atoms with Crippen LogP contribution in [-0.2, 0) is 30.6 Å². The van der Waals surface area contributed by atoms with Crippen molar-refractivity contribution in [3.8, 4) is 0 Å². The number of ether oxygens (including phenoxy) is 1. The number of benzene rings is 1. The zero-order valence-electron chi connectivity index (χ0n) is 16.8. The smallest absolute Gasteiger partial charge is 0.412 e. The molecule has 9 nitrogen and oxygen atoms in total. The molecule has 1 aliphatic heterocycles. The number of anilines is 1. The van der Waals surface area contributed by atoms with E-state index in [4.69, 9.17) is 4.74 Å². The standard InChI is InChI=1S/C19H27N3O6S/c1-19(2,3)28-18(25)20-15-6-4-13(5-7-15)10-16(23)21-22-17(24)11-14-8-9-29(26,27)12-14/h4-7,14H,8-12H2,1-3H3,(H,20,25)(H,21,23)(H,22,24)/t14-/m1/s1. The molecule has 1 atom stereocenters. The quantitative estimate of drug-likeness (QED) is 0.614. The Labute approximate surface area is 170 Å². The Morgan fingerprint density at radius 2 is 1.69 bits per heavy atom. The number of rotatable bonds is 5. The lowest BCUT2D eigenvalue weighted by molar-refractivity contribution is -0.129. The molecule has 1 aliphatic rings. The second-order valence-electron chi connectivity index (χ2n) is 8.07. The molecule has 0 saturated carbocycles. The van der Waals surface area contributed by atoms with Crippen LogP contribution >= 0.6 is 0 Å². The van der Waals surface area contributed by atoms with Crippen molar-refractivity contribution >= 4 is 33.4 Å². The normalized spacial score (nSPS) is 18.0. The zero-order valence-corrected chi connectivity index (χ0v) is 17.6. The maximum Gasteiger partial charge on any atom is 0.412 e. The molecule has 10 heteroatoms. The van der Waals surface area contributed by atoms with Crippen molar-refractivity contribution in [3.63, 3.8) is 0 Å². The molecule has 2 rings (SSSR count). The Hall–Kier alpha value is -2.62. The molecule has 0 aliphatic carbocycles. The number of carbonyl (C=O) groups excluding carboxylic acids is 3. The third-order valence-corrected chi connectivity index (χ3v) is 5.94. The molecule has 1 aromatic rings. The molecular weight excluding hydrogens is 398 g/mol. The highest BCUT2D eigenvalue weighted by Crippen LogP contribution is 2.21. The van der Waals surface area contributed by atoms with Crippen molar-refractivity contribution in [1.29, 1.82) is 0 Å². The van der Waals surface area contributed by atoms with E-state index in [0.717, 1.165) is 0 Å². The van der Waals surface area contributed by atoms with Crippen molar-refractivity contribution < 1.29 is 27.5 Å². The average molecular weight is 426 g/mol. The Kier molecular flexibility index (Phi) is 7.23. The van der Waals surface area contributed by atoms with E-state index in [9.17, 15) is 22.8 Å². The summed E-state index contributed by atoms with van der Waals surface area (Å²) in [4.78, 5) is 35.5. The van der Waals surface area contributed by atoms with E-state index in [1.807, 2.05) is 0 Å². The lowest BCUT2D eigenvalue weighted by Gasteiger charge is -2.19. The molecule has 1 aromatic carbocycles. The van der Waals surface area contributed by atoms with Crippen molar-refractivity contribution in [2.45, 2.75) is 45.6 Å². The molecule has 160 valence electrons. The topological polar surface area (TPSA) is 131 Å². The van der Waals surface area contributed by atoms with E-state index < -0.39 is 33.3 Å². The molecule has 0 bridgehead atoms. The van der Waals surface area contributed by atoms with Crippen molar-refractivity contribution in [2.75, 3.05) is 16.8 Å². The van der Waals surface area contributed by atoms with Gasteiger partial charge in [-0.15, -0.1) is 0 Å². The van der Waals surface area contributed by atoms with Crippen LogP contribution in [0.4, 0.5) is 10.5 Å². The van der Waals surface area contributed by atoms with Gasteiger partial charge in [0.25, 0.3) is 0 Å². The summed E-state index contributed by atoms with van der Waals surface area (Å²) in [6.07, 6.45) is -0.0105. The number of amides is 3. The minimum absolute atomic E-state index is 0.0120. The predicted octanol–water partition coefficient (Wildman–Crippen LogP) is 1.55. The molecule has 1 saturated heterocycles. The first-order valence-corrected chi connectivity index (χ1v) is 11.1. The van der Waals surface area contributed by atoms with Crippen molar-refractivity contribution in [3.05, 3.63) is 29.8 Å². The van der Waals surface area contributed by atoms with Gasteiger partial charge >= 0.3 is 6.09 Å². The van der Waals surface area contributed by atoms with Crippen molar-refractivity contribution in [1.82, 2.24) is 10.9 Å². The highest BCUT2D eigenvalue weighted by molar-refractivity contribution is 7.91. The summed E-state index contributed by atoms with van der Waals surface area (Å²) in [6, 6.07) is 6.65. The number of sulfone groups is 1. The van der Waals surface area contributed by atoms with E-state index in [0.29, 0.717) is 17.7 Å². The van der Waals surface area contributed by atoms with Crippen LogP contribution in [0.2, 0.25) is 0 Å². The fraction of sp³-hybridized carbons (Fsp3) is 0.526. The molecular formula is C19H27N3O6S. The Morgan fingerprint density at radius 3 is 2.24 bits per heavy atom. The van der Waals surface area contributed by atoms with Gasteiger partial charge in [0.2, 0.25) is 11.8 Å². The molecule has 1 fully saturated rings. The number of nitrogens with one attached hydrogen (secondary N) is 3. The molecule has 0 aromatic heterocycles. The molecule has 0 radical (unpaired) electrons. The maximum atomic E-state index is 12.0. The van der Waals surface area contributed by atoms with Gasteiger partial charge in [-0.2, -0.15) is 0 Å². The number of hydrogen-bond donors (Lipinski definition) is 3. The molecule has 0 spiro atoms. The third kappa shape index (κ3) is 8.51. The summed E-state index contributed by atoms with van der Waals surface area (Å²) < 4.78 is 28.0. The van der Waals surface area contributed by atoms with Gasteiger partial charge in [-0.1, -0.05) is 12.1 Å². The first-order chi connectivity index (χ1) is 13.4. The Balaban J connectivity index is 1.73. The summed E-state index contributed by atoms with van der Waals surface area (Å²) in [5.74, 6) is -0.918. The first-order valence-electron chi connectivity index (χ1n) is 9.29. The summed E-state index contributed by atoms with van der Waals surface area (Å²) in [5.41, 5.74) is 5.25. The van der Waals surface area contributed by atoms with Crippen LogP contribution in [0.25, 0.3) is 0 Å². The minimum atomic E-state index is -3.03.